The Morgan fingerprint density at radius 1 is 1.09 bits per heavy atom. The van der Waals surface area contributed by atoms with Crippen LogP contribution < -0.4 is 4.74 Å². The molecule has 0 aliphatic rings. The van der Waals surface area contributed by atoms with Crippen LogP contribution in [0.15, 0.2) is 42.5 Å². The van der Waals surface area contributed by atoms with Gasteiger partial charge < -0.3 is 4.74 Å². The molecular weight excluding hydrogens is 304 g/mol. The van der Waals surface area contributed by atoms with Crippen molar-refractivity contribution in [1.29, 1.82) is 0 Å². The molecule has 0 radical (unpaired) electrons. The van der Waals surface area contributed by atoms with Crippen molar-refractivity contribution in [3.8, 4) is 22.7 Å². The maximum atomic E-state index is 13.5. The topological polar surface area (TPSA) is 57.0 Å². The fourth-order valence-electron chi connectivity index (χ4n) is 2.19. The van der Waals surface area contributed by atoms with Gasteiger partial charge in [-0.25, -0.2) is 13.5 Å². The Balaban J connectivity index is 2.16. The molecule has 5 nitrogen and oxygen atoms in total. The van der Waals surface area contributed by atoms with Crippen LogP contribution in [0.5, 0.6) is 5.75 Å². The number of rotatable bonds is 4. The van der Waals surface area contributed by atoms with Crippen molar-refractivity contribution in [1.82, 2.24) is 15.0 Å². The Morgan fingerprint density at radius 3 is 2.43 bits per heavy atom. The number of nitrogens with zero attached hydrogens (tertiary/aromatic N) is 3. The first-order valence-corrected chi connectivity index (χ1v) is 6.64. The van der Waals surface area contributed by atoms with E-state index in [-0.39, 0.29) is 11.4 Å². The molecule has 0 unspecified atom stereocenters. The third-order valence-electron chi connectivity index (χ3n) is 3.32. The summed E-state index contributed by atoms with van der Waals surface area (Å²) in [4.78, 5) is 11.2. The molecule has 3 rings (SSSR count). The second-order valence-electron chi connectivity index (χ2n) is 4.68. The van der Waals surface area contributed by atoms with Gasteiger partial charge in [0.05, 0.1) is 12.8 Å². The summed E-state index contributed by atoms with van der Waals surface area (Å²) in [6, 6.07) is 10.2. The second kappa shape index (κ2) is 5.96. The number of aldehydes is 1. The van der Waals surface area contributed by atoms with Gasteiger partial charge in [-0.3, -0.25) is 4.79 Å². The predicted octanol–water partition coefficient (Wildman–Crippen LogP) is 3.03. The molecule has 0 saturated heterocycles. The molecule has 0 amide bonds. The van der Waals surface area contributed by atoms with Gasteiger partial charge in [0.15, 0.2) is 23.6 Å². The monoisotopic (exact) mass is 315 g/mol. The van der Waals surface area contributed by atoms with E-state index in [1.165, 1.54) is 10.7 Å². The summed E-state index contributed by atoms with van der Waals surface area (Å²) in [5.74, 6) is -1.33. The molecule has 116 valence electrons. The number of ether oxygens (including phenoxy) is 1. The first kappa shape index (κ1) is 14.8. The Labute approximate surface area is 130 Å². The highest BCUT2D eigenvalue weighted by molar-refractivity contribution is 5.84. The molecule has 0 saturated carbocycles. The lowest BCUT2D eigenvalue weighted by atomic mass is 10.1. The Morgan fingerprint density at radius 2 is 1.83 bits per heavy atom. The molecule has 2 aromatic carbocycles. The van der Waals surface area contributed by atoms with Gasteiger partial charge in [-0.2, -0.15) is 0 Å². The molecule has 7 heteroatoms. The van der Waals surface area contributed by atoms with Crippen LogP contribution in [-0.2, 0) is 0 Å². The highest BCUT2D eigenvalue weighted by Gasteiger charge is 2.17. The number of halogens is 2. The molecular formula is C16H11F2N3O2. The van der Waals surface area contributed by atoms with Crippen LogP contribution in [0.4, 0.5) is 8.78 Å². The van der Waals surface area contributed by atoms with E-state index in [4.69, 9.17) is 4.74 Å². The molecule has 0 spiro atoms. The third-order valence-corrected chi connectivity index (χ3v) is 3.32. The summed E-state index contributed by atoms with van der Waals surface area (Å²) >= 11 is 0. The quantitative estimate of drug-likeness (QED) is 0.694. The van der Waals surface area contributed by atoms with Gasteiger partial charge in [-0.15, -0.1) is 5.10 Å². The van der Waals surface area contributed by atoms with Crippen molar-refractivity contribution in [2.24, 2.45) is 0 Å². The van der Waals surface area contributed by atoms with E-state index in [9.17, 15) is 13.6 Å². The van der Waals surface area contributed by atoms with Gasteiger partial charge >= 0.3 is 0 Å². The molecule has 0 fully saturated rings. The Hall–Kier alpha value is -3.09. The lowest BCUT2D eigenvalue weighted by molar-refractivity contribution is 0.111. The van der Waals surface area contributed by atoms with E-state index in [1.54, 1.807) is 31.4 Å². The molecule has 0 aliphatic heterocycles. The van der Waals surface area contributed by atoms with Crippen LogP contribution in [0, 0.1) is 11.6 Å². The zero-order valence-corrected chi connectivity index (χ0v) is 12.0. The maximum absolute atomic E-state index is 13.5. The summed E-state index contributed by atoms with van der Waals surface area (Å²) in [5.41, 5.74) is 1.22. The molecule has 23 heavy (non-hydrogen) atoms. The molecule has 1 aromatic heterocycles. The molecule has 0 N–H and O–H groups in total. The van der Waals surface area contributed by atoms with Crippen molar-refractivity contribution >= 4 is 6.29 Å². The van der Waals surface area contributed by atoms with Crippen molar-refractivity contribution in [3.05, 3.63) is 59.8 Å². The normalized spacial score (nSPS) is 10.6. The minimum Gasteiger partial charge on any atom is -0.497 e. The predicted molar refractivity (Wildman–Crippen MR) is 78.7 cm³/mol. The van der Waals surface area contributed by atoms with Crippen molar-refractivity contribution in [2.45, 2.75) is 0 Å². The van der Waals surface area contributed by atoms with E-state index in [0.717, 1.165) is 12.1 Å². The average Bonchev–Trinajstić information content (AvgIpc) is 3.01. The first-order chi connectivity index (χ1) is 11.1. The van der Waals surface area contributed by atoms with Gasteiger partial charge in [0.2, 0.25) is 0 Å². The van der Waals surface area contributed by atoms with Gasteiger partial charge in [0.25, 0.3) is 0 Å². The van der Waals surface area contributed by atoms with Gasteiger partial charge in [-0.05, 0) is 42.5 Å². The van der Waals surface area contributed by atoms with Crippen LogP contribution in [0.2, 0.25) is 0 Å². The van der Waals surface area contributed by atoms with Crippen LogP contribution in [0.1, 0.15) is 10.5 Å². The smallest absolute Gasteiger partial charge is 0.172 e. The summed E-state index contributed by atoms with van der Waals surface area (Å²) < 4.78 is 33.1. The van der Waals surface area contributed by atoms with Gasteiger partial charge in [0.1, 0.15) is 11.4 Å². The van der Waals surface area contributed by atoms with E-state index >= 15 is 0 Å². The minimum absolute atomic E-state index is 0.0341. The number of carbonyl (C=O) groups excluding carboxylic acids is 1. The zero-order valence-electron chi connectivity index (χ0n) is 12.0. The minimum atomic E-state index is -1.01. The highest BCUT2D eigenvalue weighted by atomic mass is 19.2. The third kappa shape index (κ3) is 2.68. The van der Waals surface area contributed by atoms with Gasteiger partial charge in [0, 0.05) is 5.56 Å². The first-order valence-electron chi connectivity index (χ1n) is 6.64. The Kier molecular flexibility index (Phi) is 3.84. The second-order valence-corrected chi connectivity index (χ2v) is 4.68. The number of methoxy groups -OCH3 is 1. The Bertz CT molecular complexity index is 860. The SMILES string of the molecule is COc1ccc(-n2nnc(C=O)c2-c2ccc(F)c(F)c2)cc1. The van der Waals surface area contributed by atoms with Gasteiger partial charge in [-0.1, -0.05) is 5.21 Å². The van der Waals surface area contributed by atoms with Crippen LogP contribution >= 0.6 is 0 Å². The molecule has 0 aliphatic carbocycles. The largest absolute Gasteiger partial charge is 0.497 e. The van der Waals surface area contributed by atoms with E-state index in [1.807, 2.05) is 0 Å². The maximum Gasteiger partial charge on any atom is 0.172 e. The number of hydrogen-bond acceptors (Lipinski definition) is 4. The highest BCUT2D eigenvalue weighted by Crippen LogP contribution is 2.26. The van der Waals surface area contributed by atoms with E-state index in [2.05, 4.69) is 10.3 Å². The number of benzene rings is 2. The average molecular weight is 315 g/mol. The molecule has 3 aromatic rings. The van der Waals surface area contributed by atoms with Crippen molar-refractivity contribution in [3.63, 3.8) is 0 Å². The molecule has 0 atom stereocenters. The summed E-state index contributed by atoms with van der Waals surface area (Å²) in [6.07, 6.45) is 0.517. The molecule has 0 bridgehead atoms. The van der Waals surface area contributed by atoms with Crippen molar-refractivity contribution in [2.75, 3.05) is 7.11 Å². The van der Waals surface area contributed by atoms with E-state index in [0.29, 0.717) is 23.3 Å². The summed E-state index contributed by atoms with van der Waals surface area (Å²) in [5, 5.41) is 7.70. The fourth-order valence-corrected chi connectivity index (χ4v) is 2.19. The number of carbonyl (C=O) groups is 1. The summed E-state index contributed by atoms with van der Waals surface area (Å²) in [6.45, 7) is 0. The van der Waals surface area contributed by atoms with Crippen LogP contribution in [0.3, 0.4) is 0 Å². The number of hydrogen-bond donors (Lipinski definition) is 0. The lowest BCUT2D eigenvalue weighted by Crippen LogP contribution is -2.01. The van der Waals surface area contributed by atoms with Crippen LogP contribution in [-0.4, -0.2) is 28.4 Å². The molecule has 1 heterocycles. The lowest BCUT2D eigenvalue weighted by Gasteiger charge is -2.08. The fraction of sp³-hybridized carbons (Fsp3) is 0.0625. The summed E-state index contributed by atoms with van der Waals surface area (Å²) in [7, 11) is 1.54. The van der Waals surface area contributed by atoms with Crippen molar-refractivity contribution < 1.29 is 18.3 Å². The zero-order chi connectivity index (χ0) is 16.4. The standard InChI is InChI=1S/C16H11F2N3O2/c1-23-12-5-3-11(4-6-12)21-16(15(9-22)19-20-21)10-2-7-13(17)14(18)8-10/h2-9H,1H3. The number of aromatic nitrogens is 3. The van der Waals surface area contributed by atoms with Crippen LogP contribution in [0.25, 0.3) is 16.9 Å². The van der Waals surface area contributed by atoms with E-state index < -0.39 is 11.6 Å².